The van der Waals surface area contributed by atoms with Crippen LogP contribution in [-0.2, 0) is 6.54 Å². The molecule has 1 aliphatic heterocycles. The van der Waals surface area contributed by atoms with Crippen molar-refractivity contribution in [1.82, 2.24) is 15.5 Å². The number of halogens is 3. The third-order valence-electron chi connectivity index (χ3n) is 4.08. The monoisotopic (exact) mass is 470 g/mol. The van der Waals surface area contributed by atoms with Crippen LogP contribution in [0.25, 0.3) is 0 Å². The van der Waals surface area contributed by atoms with Crippen LogP contribution >= 0.6 is 47.2 Å². The molecule has 1 fully saturated rings. The Morgan fingerprint density at radius 3 is 2.57 bits per heavy atom. The van der Waals surface area contributed by atoms with Gasteiger partial charge in [-0.25, -0.2) is 0 Å². The highest BCUT2D eigenvalue weighted by Crippen LogP contribution is 2.20. The van der Waals surface area contributed by atoms with E-state index in [2.05, 4.69) is 27.6 Å². The summed E-state index contributed by atoms with van der Waals surface area (Å²) in [4.78, 5) is 6.65. The summed E-state index contributed by atoms with van der Waals surface area (Å²) < 4.78 is 0. The summed E-state index contributed by atoms with van der Waals surface area (Å²) in [6.45, 7) is 3.95. The van der Waals surface area contributed by atoms with Crippen LogP contribution in [0.4, 0.5) is 0 Å². The van der Waals surface area contributed by atoms with Gasteiger partial charge in [-0.3, -0.25) is 4.99 Å². The van der Waals surface area contributed by atoms with Crippen molar-refractivity contribution in [2.24, 2.45) is 10.9 Å². The van der Waals surface area contributed by atoms with Crippen molar-refractivity contribution < 1.29 is 0 Å². The average Bonchev–Trinajstić information content (AvgIpc) is 2.51. The summed E-state index contributed by atoms with van der Waals surface area (Å²) in [7, 11) is 3.97. The number of hydrogen-bond donors (Lipinski definition) is 2. The zero-order valence-electron chi connectivity index (χ0n) is 13.6. The first-order chi connectivity index (χ1) is 10.6. The first-order valence-electron chi connectivity index (χ1n) is 7.65. The summed E-state index contributed by atoms with van der Waals surface area (Å²) in [6, 6.07) is 5.54. The molecular weight excluding hydrogens is 446 g/mol. The van der Waals surface area contributed by atoms with Gasteiger partial charge in [-0.05, 0) is 56.6 Å². The largest absolute Gasteiger partial charge is 0.356 e. The van der Waals surface area contributed by atoms with Crippen molar-refractivity contribution in [3.63, 3.8) is 0 Å². The van der Waals surface area contributed by atoms with Crippen LogP contribution in [-0.4, -0.2) is 44.6 Å². The van der Waals surface area contributed by atoms with E-state index in [4.69, 9.17) is 23.2 Å². The SMILES string of the molecule is CN=C(NCc1ccc(Cl)cc1Cl)NCC1CCN(C)CC1.I. The maximum atomic E-state index is 6.18. The number of piperidine rings is 1. The maximum absolute atomic E-state index is 6.18. The smallest absolute Gasteiger partial charge is 0.191 e. The summed E-state index contributed by atoms with van der Waals surface area (Å²) >= 11 is 12.1. The fraction of sp³-hybridized carbons (Fsp3) is 0.562. The van der Waals surface area contributed by atoms with Crippen LogP contribution in [0.2, 0.25) is 10.0 Å². The molecule has 0 aliphatic carbocycles. The summed E-state index contributed by atoms with van der Waals surface area (Å²) in [6.07, 6.45) is 2.48. The van der Waals surface area contributed by atoms with Gasteiger partial charge in [-0.1, -0.05) is 29.3 Å². The van der Waals surface area contributed by atoms with Crippen molar-refractivity contribution in [1.29, 1.82) is 0 Å². The number of nitrogens with zero attached hydrogens (tertiary/aromatic N) is 2. The Labute approximate surface area is 166 Å². The van der Waals surface area contributed by atoms with Gasteiger partial charge in [-0.15, -0.1) is 24.0 Å². The van der Waals surface area contributed by atoms with Gasteiger partial charge >= 0.3 is 0 Å². The number of benzene rings is 1. The first kappa shape index (κ1) is 20.8. The Balaban J connectivity index is 0.00000264. The zero-order valence-corrected chi connectivity index (χ0v) is 17.5. The van der Waals surface area contributed by atoms with Crippen LogP contribution in [0, 0.1) is 5.92 Å². The Kier molecular flexibility index (Phi) is 9.58. The number of nitrogens with one attached hydrogen (secondary N) is 2. The molecule has 23 heavy (non-hydrogen) atoms. The molecule has 2 rings (SSSR count). The van der Waals surface area contributed by atoms with E-state index >= 15 is 0 Å². The molecule has 1 heterocycles. The zero-order chi connectivity index (χ0) is 15.9. The van der Waals surface area contributed by atoms with Gasteiger partial charge in [0, 0.05) is 30.2 Å². The van der Waals surface area contributed by atoms with Crippen molar-refractivity contribution in [2.75, 3.05) is 33.7 Å². The second-order valence-electron chi connectivity index (χ2n) is 5.79. The number of aliphatic imine (C=N–C) groups is 1. The van der Waals surface area contributed by atoms with Crippen LogP contribution in [0.5, 0.6) is 0 Å². The van der Waals surface area contributed by atoms with E-state index in [1.807, 2.05) is 12.1 Å². The van der Waals surface area contributed by atoms with E-state index in [1.165, 1.54) is 25.9 Å². The van der Waals surface area contributed by atoms with Crippen molar-refractivity contribution in [3.05, 3.63) is 33.8 Å². The second-order valence-corrected chi connectivity index (χ2v) is 6.63. The first-order valence-corrected chi connectivity index (χ1v) is 8.41. The van der Waals surface area contributed by atoms with Crippen molar-refractivity contribution in [3.8, 4) is 0 Å². The number of rotatable bonds is 4. The lowest BCUT2D eigenvalue weighted by Crippen LogP contribution is -2.42. The summed E-state index contributed by atoms with van der Waals surface area (Å²) in [5.41, 5.74) is 1.01. The second kappa shape index (κ2) is 10.6. The molecule has 1 saturated heterocycles. The highest BCUT2D eigenvalue weighted by molar-refractivity contribution is 14.0. The number of guanidine groups is 1. The van der Waals surface area contributed by atoms with Crippen LogP contribution in [0.15, 0.2) is 23.2 Å². The van der Waals surface area contributed by atoms with Crippen molar-refractivity contribution >= 4 is 53.1 Å². The third kappa shape index (κ3) is 7.03. The van der Waals surface area contributed by atoms with E-state index in [9.17, 15) is 0 Å². The molecule has 1 aromatic carbocycles. The van der Waals surface area contributed by atoms with Crippen LogP contribution in [0.3, 0.4) is 0 Å². The molecule has 1 aromatic rings. The topological polar surface area (TPSA) is 39.7 Å². The van der Waals surface area contributed by atoms with E-state index in [0.29, 0.717) is 22.5 Å². The molecular formula is C16H25Cl2IN4. The third-order valence-corrected chi connectivity index (χ3v) is 4.67. The van der Waals surface area contributed by atoms with Gasteiger partial charge in [-0.2, -0.15) is 0 Å². The lowest BCUT2D eigenvalue weighted by molar-refractivity contribution is 0.220. The van der Waals surface area contributed by atoms with Gasteiger partial charge in [0.2, 0.25) is 0 Å². The summed E-state index contributed by atoms with van der Waals surface area (Å²) in [5, 5.41) is 8.03. The lowest BCUT2D eigenvalue weighted by atomic mass is 9.97. The quantitative estimate of drug-likeness (QED) is 0.401. The minimum Gasteiger partial charge on any atom is -0.356 e. The average molecular weight is 471 g/mol. The Bertz CT molecular complexity index is 517. The van der Waals surface area contributed by atoms with Gasteiger partial charge in [0.1, 0.15) is 0 Å². The molecule has 0 atom stereocenters. The molecule has 0 radical (unpaired) electrons. The molecule has 0 saturated carbocycles. The van der Waals surface area contributed by atoms with E-state index < -0.39 is 0 Å². The lowest BCUT2D eigenvalue weighted by Gasteiger charge is -2.29. The van der Waals surface area contributed by atoms with Crippen LogP contribution < -0.4 is 10.6 Å². The van der Waals surface area contributed by atoms with E-state index in [0.717, 1.165) is 18.1 Å². The fourth-order valence-electron chi connectivity index (χ4n) is 2.57. The molecule has 0 bridgehead atoms. The molecule has 130 valence electrons. The fourth-order valence-corrected chi connectivity index (χ4v) is 3.05. The molecule has 2 N–H and O–H groups in total. The predicted molar refractivity (Wildman–Crippen MR) is 110 cm³/mol. The molecule has 0 aromatic heterocycles. The minimum atomic E-state index is 0. The standard InChI is InChI=1S/C16H24Cl2N4.HI/c1-19-16(20-10-12-5-7-22(2)8-6-12)21-11-13-3-4-14(17)9-15(13)18;/h3-4,9,12H,5-8,10-11H2,1-2H3,(H2,19,20,21);1H. The Hall–Kier alpha value is -0.240. The van der Waals surface area contributed by atoms with Gasteiger partial charge in [0.25, 0.3) is 0 Å². The van der Waals surface area contributed by atoms with Gasteiger partial charge in [0.15, 0.2) is 5.96 Å². The number of likely N-dealkylation sites (tertiary alicyclic amines) is 1. The van der Waals surface area contributed by atoms with Crippen LogP contribution in [0.1, 0.15) is 18.4 Å². The molecule has 1 aliphatic rings. The normalized spacial score (nSPS) is 16.8. The van der Waals surface area contributed by atoms with Gasteiger partial charge < -0.3 is 15.5 Å². The minimum absolute atomic E-state index is 0. The molecule has 0 unspecified atom stereocenters. The summed E-state index contributed by atoms with van der Waals surface area (Å²) in [5.74, 6) is 1.53. The highest BCUT2D eigenvalue weighted by atomic mass is 127. The molecule has 0 amide bonds. The highest BCUT2D eigenvalue weighted by Gasteiger charge is 2.16. The Morgan fingerprint density at radius 1 is 1.26 bits per heavy atom. The van der Waals surface area contributed by atoms with Gasteiger partial charge in [0.05, 0.1) is 0 Å². The predicted octanol–water partition coefficient (Wildman–Crippen LogP) is 3.62. The van der Waals surface area contributed by atoms with Crippen molar-refractivity contribution in [2.45, 2.75) is 19.4 Å². The maximum Gasteiger partial charge on any atom is 0.191 e. The number of hydrogen-bond acceptors (Lipinski definition) is 2. The van der Waals surface area contributed by atoms with E-state index in [1.54, 1.807) is 13.1 Å². The van der Waals surface area contributed by atoms with E-state index in [-0.39, 0.29) is 24.0 Å². The Morgan fingerprint density at radius 2 is 1.96 bits per heavy atom. The molecule has 7 heteroatoms. The molecule has 0 spiro atoms. The molecule has 4 nitrogen and oxygen atoms in total.